The molecule has 0 bridgehead atoms. The van der Waals surface area contributed by atoms with Crippen LogP contribution in [0.3, 0.4) is 0 Å². The van der Waals surface area contributed by atoms with E-state index in [1.54, 1.807) is 0 Å². The number of hydrogen-bond acceptors (Lipinski definition) is 4. The van der Waals surface area contributed by atoms with Gasteiger partial charge in [0.25, 0.3) is 5.89 Å². The zero-order valence-electron chi connectivity index (χ0n) is 9.49. The first-order valence-corrected chi connectivity index (χ1v) is 5.74. The summed E-state index contributed by atoms with van der Waals surface area (Å²) in [5.74, 6) is -1.14. The van der Waals surface area contributed by atoms with E-state index < -0.39 is 11.6 Å². The van der Waals surface area contributed by atoms with Crippen LogP contribution in [0.25, 0.3) is 11.5 Å². The second-order valence-corrected chi connectivity index (χ2v) is 4.27. The molecule has 1 saturated carbocycles. The largest absolute Gasteiger partial charge is 0.334 e. The molecule has 6 heteroatoms. The SMILES string of the molecule is Fc1cccc(F)c1-c1nc(CNC2CC2)no1. The van der Waals surface area contributed by atoms with Crippen molar-refractivity contribution in [3.8, 4) is 11.5 Å². The van der Waals surface area contributed by atoms with Gasteiger partial charge in [-0.25, -0.2) is 8.78 Å². The molecule has 1 aromatic heterocycles. The average molecular weight is 251 g/mol. The highest BCUT2D eigenvalue weighted by Crippen LogP contribution is 2.24. The molecule has 0 aliphatic heterocycles. The van der Waals surface area contributed by atoms with Gasteiger partial charge in [0.2, 0.25) is 0 Å². The van der Waals surface area contributed by atoms with E-state index in [1.165, 1.54) is 6.07 Å². The number of benzene rings is 1. The fourth-order valence-electron chi connectivity index (χ4n) is 1.65. The molecule has 1 aromatic carbocycles. The third-order valence-electron chi connectivity index (χ3n) is 2.77. The minimum atomic E-state index is -0.708. The second-order valence-electron chi connectivity index (χ2n) is 4.27. The summed E-state index contributed by atoms with van der Waals surface area (Å²) in [7, 11) is 0. The van der Waals surface area contributed by atoms with Crippen LogP contribution in [0.4, 0.5) is 8.78 Å². The van der Waals surface area contributed by atoms with Gasteiger partial charge in [0.05, 0.1) is 6.54 Å². The lowest BCUT2D eigenvalue weighted by atomic mass is 10.2. The summed E-state index contributed by atoms with van der Waals surface area (Å²) in [6.07, 6.45) is 2.29. The van der Waals surface area contributed by atoms with Crippen LogP contribution < -0.4 is 5.32 Å². The fraction of sp³-hybridized carbons (Fsp3) is 0.333. The van der Waals surface area contributed by atoms with Gasteiger partial charge in [0, 0.05) is 6.04 Å². The summed E-state index contributed by atoms with van der Waals surface area (Å²) in [6.45, 7) is 0.449. The van der Waals surface area contributed by atoms with Gasteiger partial charge in [-0.2, -0.15) is 4.98 Å². The van der Waals surface area contributed by atoms with E-state index in [2.05, 4.69) is 15.5 Å². The average Bonchev–Trinajstić information content (AvgIpc) is 3.06. The van der Waals surface area contributed by atoms with Crippen molar-refractivity contribution < 1.29 is 13.3 Å². The molecule has 1 aliphatic carbocycles. The quantitative estimate of drug-likeness (QED) is 0.905. The standard InChI is InChI=1S/C12H11F2N3O/c13-8-2-1-3-9(14)11(8)12-16-10(17-18-12)6-15-7-4-5-7/h1-3,7,15H,4-6H2. The Morgan fingerprint density at radius 2 is 2.00 bits per heavy atom. The van der Waals surface area contributed by atoms with Crippen LogP contribution in [-0.2, 0) is 6.54 Å². The van der Waals surface area contributed by atoms with Crippen molar-refractivity contribution in [1.29, 1.82) is 0 Å². The Hall–Kier alpha value is -1.82. The second kappa shape index (κ2) is 4.45. The van der Waals surface area contributed by atoms with E-state index in [1.807, 2.05) is 0 Å². The maximum absolute atomic E-state index is 13.5. The van der Waals surface area contributed by atoms with E-state index in [-0.39, 0.29) is 11.5 Å². The molecule has 18 heavy (non-hydrogen) atoms. The van der Waals surface area contributed by atoms with Crippen LogP contribution in [0.1, 0.15) is 18.7 Å². The maximum Gasteiger partial charge on any atom is 0.263 e. The normalized spacial score (nSPS) is 15.0. The van der Waals surface area contributed by atoms with Gasteiger partial charge in [-0.3, -0.25) is 0 Å². The molecule has 0 amide bonds. The Kier molecular flexibility index (Phi) is 2.79. The van der Waals surface area contributed by atoms with Gasteiger partial charge in [-0.05, 0) is 25.0 Å². The number of nitrogens with zero attached hydrogens (tertiary/aromatic N) is 2. The Balaban J connectivity index is 1.83. The molecule has 0 saturated heterocycles. The first-order valence-electron chi connectivity index (χ1n) is 5.74. The zero-order valence-corrected chi connectivity index (χ0v) is 9.49. The molecule has 3 rings (SSSR count). The third-order valence-corrected chi connectivity index (χ3v) is 2.77. The monoisotopic (exact) mass is 251 g/mol. The maximum atomic E-state index is 13.5. The first-order chi connectivity index (χ1) is 8.74. The van der Waals surface area contributed by atoms with Crippen molar-refractivity contribution in [2.45, 2.75) is 25.4 Å². The van der Waals surface area contributed by atoms with E-state index in [4.69, 9.17) is 4.52 Å². The number of rotatable bonds is 4. The Bertz CT molecular complexity index is 546. The highest BCUT2D eigenvalue weighted by atomic mass is 19.1. The van der Waals surface area contributed by atoms with Crippen LogP contribution >= 0.6 is 0 Å². The predicted molar refractivity (Wildman–Crippen MR) is 59.5 cm³/mol. The van der Waals surface area contributed by atoms with Crippen molar-refractivity contribution in [3.05, 3.63) is 35.7 Å². The van der Waals surface area contributed by atoms with Crippen LogP contribution in [-0.4, -0.2) is 16.2 Å². The van der Waals surface area contributed by atoms with Gasteiger partial charge in [0.15, 0.2) is 5.82 Å². The summed E-state index contributed by atoms with van der Waals surface area (Å²) in [5, 5.41) is 6.89. The molecule has 0 spiro atoms. The fourth-order valence-corrected chi connectivity index (χ4v) is 1.65. The summed E-state index contributed by atoms with van der Waals surface area (Å²) in [4.78, 5) is 3.98. The van der Waals surface area contributed by atoms with Crippen molar-refractivity contribution in [3.63, 3.8) is 0 Å². The van der Waals surface area contributed by atoms with Crippen LogP contribution in [0.15, 0.2) is 22.7 Å². The molecule has 2 aromatic rings. The smallest absolute Gasteiger partial charge is 0.263 e. The minimum Gasteiger partial charge on any atom is -0.334 e. The summed E-state index contributed by atoms with van der Waals surface area (Å²) < 4.78 is 31.9. The Morgan fingerprint density at radius 3 is 2.67 bits per heavy atom. The predicted octanol–water partition coefficient (Wildman–Crippen LogP) is 2.27. The van der Waals surface area contributed by atoms with Crippen molar-refractivity contribution in [1.82, 2.24) is 15.5 Å². The lowest BCUT2D eigenvalue weighted by Crippen LogP contribution is -2.16. The summed E-state index contributed by atoms with van der Waals surface area (Å²) in [6, 6.07) is 4.12. The molecule has 1 heterocycles. The molecular formula is C12H11F2N3O. The topological polar surface area (TPSA) is 51.0 Å². The minimum absolute atomic E-state index is 0.127. The number of aromatic nitrogens is 2. The summed E-state index contributed by atoms with van der Waals surface area (Å²) >= 11 is 0. The summed E-state index contributed by atoms with van der Waals surface area (Å²) in [5.41, 5.74) is -0.275. The molecule has 1 aliphatic rings. The molecule has 94 valence electrons. The van der Waals surface area contributed by atoms with Crippen molar-refractivity contribution in [2.24, 2.45) is 0 Å². The molecule has 0 radical (unpaired) electrons. The lowest BCUT2D eigenvalue weighted by Gasteiger charge is -1.98. The van der Waals surface area contributed by atoms with Crippen LogP contribution in [0.5, 0.6) is 0 Å². The Labute approximate surface area is 102 Å². The molecule has 0 unspecified atom stereocenters. The van der Waals surface area contributed by atoms with Gasteiger partial charge >= 0.3 is 0 Å². The Morgan fingerprint density at radius 1 is 1.28 bits per heavy atom. The molecule has 1 N–H and O–H groups in total. The first kappa shape index (κ1) is 11.3. The van der Waals surface area contributed by atoms with Crippen molar-refractivity contribution >= 4 is 0 Å². The van der Waals surface area contributed by atoms with Crippen LogP contribution in [0, 0.1) is 11.6 Å². The van der Waals surface area contributed by atoms with E-state index in [9.17, 15) is 8.78 Å². The highest BCUT2D eigenvalue weighted by Gasteiger charge is 2.22. The molecular weight excluding hydrogens is 240 g/mol. The van der Waals surface area contributed by atoms with Crippen LogP contribution in [0.2, 0.25) is 0 Å². The number of nitrogens with one attached hydrogen (secondary N) is 1. The van der Waals surface area contributed by atoms with Gasteiger partial charge < -0.3 is 9.84 Å². The highest BCUT2D eigenvalue weighted by molar-refractivity contribution is 5.54. The van der Waals surface area contributed by atoms with Crippen molar-refractivity contribution in [2.75, 3.05) is 0 Å². The van der Waals surface area contributed by atoms with E-state index >= 15 is 0 Å². The van der Waals surface area contributed by atoms with E-state index in [0.717, 1.165) is 25.0 Å². The number of halogens is 2. The van der Waals surface area contributed by atoms with Gasteiger partial charge in [-0.15, -0.1) is 0 Å². The number of hydrogen-bond donors (Lipinski definition) is 1. The van der Waals surface area contributed by atoms with Gasteiger partial charge in [-0.1, -0.05) is 11.2 Å². The molecule has 1 fully saturated rings. The van der Waals surface area contributed by atoms with Gasteiger partial charge in [0.1, 0.15) is 17.2 Å². The van der Waals surface area contributed by atoms with E-state index in [0.29, 0.717) is 18.4 Å². The zero-order chi connectivity index (χ0) is 12.5. The third kappa shape index (κ3) is 2.24. The molecule has 0 atom stereocenters. The lowest BCUT2D eigenvalue weighted by molar-refractivity contribution is 0.414. The molecule has 4 nitrogen and oxygen atoms in total.